The molecule has 0 aliphatic carbocycles. The lowest BCUT2D eigenvalue weighted by atomic mass is 10.0. The summed E-state index contributed by atoms with van der Waals surface area (Å²) >= 11 is 1.36. The first-order valence-corrected chi connectivity index (χ1v) is 5.26. The van der Waals surface area contributed by atoms with Crippen molar-refractivity contribution in [2.75, 3.05) is 0 Å². The van der Waals surface area contributed by atoms with Crippen LogP contribution in [0.1, 0.15) is 23.2 Å². The van der Waals surface area contributed by atoms with Crippen molar-refractivity contribution in [3.63, 3.8) is 0 Å². The van der Waals surface area contributed by atoms with Crippen LogP contribution in [0.2, 0.25) is 0 Å². The van der Waals surface area contributed by atoms with Gasteiger partial charge >= 0.3 is 6.18 Å². The minimum atomic E-state index is -4.95. The van der Waals surface area contributed by atoms with Crippen LogP contribution in [0.3, 0.4) is 0 Å². The van der Waals surface area contributed by atoms with Gasteiger partial charge in [-0.3, -0.25) is 4.98 Å². The minimum Gasteiger partial charge on any atom is -0.258 e. The summed E-state index contributed by atoms with van der Waals surface area (Å²) in [6, 6.07) is 1.47. The molecule has 0 radical (unpaired) electrons. The van der Waals surface area contributed by atoms with Crippen molar-refractivity contribution in [1.82, 2.24) is 4.98 Å². The fourth-order valence-corrected chi connectivity index (χ4v) is 1.93. The molecule has 8 heteroatoms. The Hall–Kier alpha value is -0.980. The zero-order valence-corrected chi connectivity index (χ0v) is 10.2. The average Bonchev–Trinajstić information content (AvgIpc) is 2.18. The van der Waals surface area contributed by atoms with Gasteiger partial charge in [0.15, 0.2) is 0 Å². The Kier molecular flexibility index (Phi) is 4.24. The molecular formula is C9H4F5IN2. The second kappa shape index (κ2) is 5.12. The van der Waals surface area contributed by atoms with Gasteiger partial charge in [-0.25, -0.2) is 8.78 Å². The lowest BCUT2D eigenvalue weighted by Crippen LogP contribution is -2.16. The molecule has 0 N–H and O–H groups in total. The molecule has 1 heterocycles. The topological polar surface area (TPSA) is 36.7 Å². The third kappa shape index (κ3) is 3.02. The highest BCUT2D eigenvalue weighted by Crippen LogP contribution is 2.40. The molecule has 0 aliphatic rings. The molecule has 0 aromatic carbocycles. The van der Waals surface area contributed by atoms with Crippen molar-refractivity contribution in [1.29, 1.82) is 5.26 Å². The van der Waals surface area contributed by atoms with E-state index in [1.54, 1.807) is 0 Å². The maximum absolute atomic E-state index is 12.7. The number of halogens is 6. The summed E-state index contributed by atoms with van der Waals surface area (Å²) in [7, 11) is 0. The number of hydrogen-bond acceptors (Lipinski definition) is 2. The number of pyridine rings is 1. The van der Waals surface area contributed by atoms with Crippen LogP contribution < -0.4 is 0 Å². The number of nitrogens with zero attached hydrogens (tertiary/aromatic N) is 2. The molecule has 92 valence electrons. The number of aromatic nitrogens is 1. The Morgan fingerprint density at radius 3 is 2.41 bits per heavy atom. The minimum absolute atomic E-state index is 0.272. The molecule has 0 aliphatic heterocycles. The lowest BCUT2D eigenvalue weighted by Gasteiger charge is -2.16. The van der Waals surface area contributed by atoms with Crippen LogP contribution in [0.15, 0.2) is 6.20 Å². The van der Waals surface area contributed by atoms with Gasteiger partial charge in [0.05, 0.1) is 23.7 Å². The Labute approximate surface area is 107 Å². The summed E-state index contributed by atoms with van der Waals surface area (Å²) in [5.41, 5.74) is -3.28. The fourth-order valence-electron chi connectivity index (χ4n) is 1.28. The second-order valence-corrected chi connectivity index (χ2v) is 4.14. The van der Waals surface area contributed by atoms with E-state index in [-0.39, 0.29) is 3.57 Å². The highest BCUT2D eigenvalue weighted by molar-refractivity contribution is 14.1. The monoisotopic (exact) mass is 362 g/mol. The predicted molar refractivity (Wildman–Crippen MR) is 56.2 cm³/mol. The molecular weight excluding hydrogens is 358 g/mol. The quantitative estimate of drug-likeness (QED) is 0.594. The highest BCUT2D eigenvalue weighted by atomic mass is 127. The second-order valence-electron chi connectivity index (χ2n) is 2.97. The van der Waals surface area contributed by atoms with Crippen LogP contribution in [-0.4, -0.2) is 4.98 Å². The van der Waals surface area contributed by atoms with Gasteiger partial charge in [0, 0.05) is 15.3 Å². The largest absolute Gasteiger partial charge is 0.418 e. The van der Waals surface area contributed by atoms with Gasteiger partial charge in [-0.05, 0) is 22.6 Å². The molecule has 1 rings (SSSR count). The molecule has 0 fully saturated rings. The van der Waals surface area contributed by atoms with Crippen LogP contribution in [0, 0.1) is 14.9 Å². The Morgan fingerprint density at radius 2 is 2.00 bits per heavy atom. The summed E-state index contributed by atoms with van der Waals surface area (Å²) in [5, 5.41) is 8.36. The standard InChI is InChI=1S/C9H4F5IN2/c10-8(11)6-4(15)3-17-5(1-2-16)7(6)9(12,13)14/h3,8H,1H2. The van der Waals surface area contributed by atoms with Crippen molar-refractivity contribution in [2.45, 2.75) is 19.0 Å². The van der Waals surface area contributed by atoms with Crippen molar-refractivity contribution in [2.24, 2.45) is 0 Å². The van der Waals surface area contributed by atoms with Gasteiger partial charge in [0.2, 0.25) is 0 Å². The zero-order chi connectivity index (χ0) is 13.2. The molecule has 17 heavy (non-hydrogen) atoms. The van der Waals surface area contributed by atoms with Gasteiger partial charge in [-0.15, -0.1) is 0 Å². The number of alkyl halides is 5. The first-order chi connectivity index (χ1) is 7.79. The normalized spacial score (nSPS) is 11.6. The molecule has 1 aromatic heterocycles. The lowest BCUT2D eigenvalue weighted by molar-refractivity contribution is -0.140. The SMILES string of the molecule is N#CCc1ncc(I)c(C(F)F)c1C(F)(F)F. The van der Waals surface area contributed by atoms with E-state index in [4.69, 9.17) is 5.26 Å². The number of hydrogen-bond donors (Lipinski definition) is 0. The first-order valence-electron chi connectivity index (χ1n) is 4.18. The molecule has 0 spiro atoms. The van der Waals surface area contributed by atoms with Crippen molar-refractivity contribution >= 4 is 22.6 Å². The molecule has 0 saturated heterocycles. The van der Waals surface area contributed by atoms with Crippen molar-refractivity contribution < 1.29 is 22.0 Å². The van der Waals surface area contributed by atoms with Gasteiger partial charge in [-0.1, -0.05) is 0 Å². The number of rotatable bonds is 2. The molecule has 0 bridgehead atoms. The van der Waals surface area contributed by atoms with E-state index >= 15 is 0 Å². The molecule has 2 nitrogen and oxygen atoms in total. The molecule has 0 amide bonds. The maximum Gasteiger partial charge on any atom is 0.418 e. The fraction of sp³-hybridized carbons (Fsp3) is 0.333. The average molecular weight is 362 g/mol. The highest BCUT2D eigenvalue weighted by Gasteiger charge is 2.40. The smallest absolute Gasteiger partial charge is 0.258 e. The Balaban J connectivity index is 3.57. The van der Waals surface area contributed by atoms with E-state index in [1.165, 1.54) is 28.7 Å². The predicted octanol–water partition coefficient (Wildman–Crippen LogP) is 3.71. The van der Waals surface area contributed by atoms with Crippen LogP contribution in [0.5, 0.6) is 0 Å². The van der Waals surface area contributed by atoms with Gasteiger partial charge in [0.25, 0.3) is 6.43 Å². The Morgan fingerprint density at radius 1 is 1.41 bits per heavy atom. The van der Waals surface area contributed by atoms with Crippen molar-refractivity contribution in [3.05, 3.63) is 26.6 Å². The van der Waals surface area contributed by atoms with E-state index in [1.807, 2.05) is 0 Å². The molecule has 0 unspecified atom stereocenters. The summed E-state index contributed by atoms with van der Waals surface area (Å²) in [4.78, 5) is 3.39. The van der Waals surface area contributed by atoms with Crippen molar-refractivity contribution in [3.8, 4) is 6.07 Å². The summed E-state index contributed by atoms with van der Waals surface area (Å²) in [6.45, 7) is 0. The van der Waals surface area contributed by atoms with E-state index in [0.717, 1.165) is 6.20 Å². The van der Waals surface area contributed by atoms with Gasteiger partial charge in [0.1, 0.15) is 0 Å². The summed E-state index contributed by atoms with van der Waals surface area (Å²) in [5.74, 6) is 0. The summed E-state index contributed by atoms with van der Waals surface area (Å²) in [6.07, 6.45) is -7.97. The van der Waals surface area contributed by atoms with E-state index in [0.29, 0.717) is 0 Å². The van der Waals surface area contributed by atoms with Gasteiger partial charge < -0.3 is 0 Å². The third-order valence-electron chi connectivity index (χ3n) is 1.90. The molecule has 0 atom stereocenters. The van der Waals surface area contributed by atoms with Crippen LogP contribution in [-0.2, 0) is 12.6 Å². The van der Waals surface area contributed by atoms with Crippen LogP contribution in [0.4, 0.5) is 22.0 Å². The van der Waals surface area contributed by atoms with Crippen LogP contribution in [0.25, 0.3) is 0 Å². The van der Waals surface area contributed by atoms with Gasteiger partial charge in [-0.2, -0.15) is 18.4 Å². The summed E-state index contributed by atoms with van der Waals surface area (Å²) < 4.78 is 63.0. The van der Waals surface area contributed by atoms with E-state index in [9.17, 15) is 22.0 Å². The first kappa shape index (κ1) is 14.1. The Bertz CT molecular complexity index is 464. The van der Waals surface area contributed by atoms with E-state index in [2.05, 4.69) is 4.98 Å². The number of nitriles is 1. The molecule has 0 saturated carbocycles. The zero-order valence-electron chi connectivity index (χ0n) is 8.02. The molecule has 1 aromatic rings. The van der Waals surface area contributed by atoms with E-state index < -0.39 is 35.8 Å². The maximum atomic E-state index is 12.7. The van der Waals surface area contributed by atoms with Crippen LogP contribution >= 0.6 is 22.6 Å². The third-order valence-corrected chi connectivity index (χ3v) is 2.76.